The van der Waals surface area contributed by atoms with Gasteiger partial charge in [0.1, 0.15) is 35.4 Å². The molecular weight excluding hydrogens is 833 g/mol. The first-order chi connectivity index (χ1) is 26.8. The van der Waals surface area contributed by atoms with E-state index >= 15 is 0 Å². The van der Waals surface area contributed by atoms with Crippen LogP contribution in [0.2, 0.25) is 0 Å². The number of carbonyl (C=O) groups is 4. The molecule has 8 rings (SSSR count). The number of aliphatic hydroxyl groups is 1. The zero-order valence-electron chi connectivity index (χ0n) is 31.5. The van der Waals surface area contributed by atoms with Crippen LogP contribution in [-0.2, 0) is 64.1 Å². The fourth-order valence-electron chi connectivity index (χ4n) is 8.89. The Hall–Kier alpha value is -3.93. The Balaban J connectivity index is 1.01. The van der Waals surface area contributed by atoms with Crippen molar-refractivity contribution in [2.24, 2.45) is 5.41 Å². The number of benzene rings is 3. The van der Waals surface area contributed by atoms with Crippen molar-refractivity contribution in [2.75, 3.05) is 6.61 Å². The maximum atomic E-state index is 14.8. The number of aliphatic hydroxyl groups excluding tert-OH is 1. The molecule has 2 amide bonds. The van der Waals surface area contributed by atoms with Crippen LogP contribution in [-0.4, -0.2) is 88.4 Å². The van der Waals surface area contributed by atoms with Gasteiger partial charge in [-0.05, 0) is 90.2 Å². The van der Waals surface area contributed by atoms with Crippen LogP contribution in [0.25, 0.3) is 0 Å². The van der Waals surface area contributed by atoms with E-state index in [0.29, 0.717) is 24.0 Å². The number of hydroxylamine groups is 2. The fraction of sp³-hybridized carbons (Fsp3) is 0.476. The number of ether oxygens (including phenoxy) is 4. The van der Waals surface area contributed by atoms with Gasteiger partial charge >= 0.3 is 11.9 Å². The molecule has 13 nitrogen and oxygen atoms in total. The van der Waals surface area contributed by atoms with Crippen molar-refractivity contribution in [1.82, 2.24) is 15.7 Å². The number of amides is 2. The Labute approximate surface area is 338 Å². The number of nitrogens with one attached hydrogen (secondary N) is 2. The number of hydrogen-bond donors (Lipinski definition) is 3. The molecule has 3 N–H and O–H groups in total. The van der Waals surface area contributed by atoms with Crippen LogP contribution >= 0.6 is 22.6 Å². The number of carbonyl (C=O) groups excluding carboxylic acids is 4. The van der Waals surface area contributed by atoms with Crippen molar-refractivity contribution in [1.29, 1.82) is 0 Å². The molecule has 3 saturated heterocycles. The van der Waals surface area contributed by atoms with Crippen molar-refractivity contribution in [2.45, 2.75) is 114 Å². The highest BCUT2D eigenvalue weighted by Gasteiger charge is 2.76. The third-order valence-electron chi connectivity index (χ3n) is 11.3. The van der Waals surface area contributed by atoms with Crippen LogP contribution in [0.15, 0.2) is 72.8 Å². The number of nitrogens with zero attached hydrogens (tertiary/aromatic N) is 1. The molecule has 296 valence electrons. The summed E-state index contributed by atoms with van der Waals surface area (Å²) in [5.74, 6) is -2.75. The molecule has 3 aromatic carbocycles. The molecule has 7 atom stereocenters. The van der Waals surface area contributed by atoms with E-state index in [4.69, 9.17) is 23.8 Å². The average Bonchev–Trinajstić information content (AvgIpc) is 3.84. The number of halogens is 1. The lowest BCUT2D eigenvalue weighted by atomic mass is 9.62. The van der Waals surface area contributed by atoms with E-state index in [9.17, 15) is 24.3 Å². The van der Waals surface area contributed by atoms with Gasteiger partial charge in [-0.15, -0.1) is 0 Å². The number of hydrogen-bond acceptors (Lipinski definition) is 11. The smallest absolute Gasteiger partial charge is 0.327 e. The van der Waals surface area contributed by atoms with Crippen molar-refractivity contribution in [3.63, 3.8) is 0 Å². The number of rotatable bonds is 11. The molecule has 2 bridgehead atoms. The highest BCUT2D eigenvalue weighted by atomic mass is 127. The minimum atomic E-state index is -1.36. The Morgan fingerprint density at radius 2 is 1.71 bits per heavy atom. The van der Waals surface area contributed by atoms with Crippen molar-refractivity contribution in [3.05, 3.63) is 104 Å². The van der Waals surface area contributed by atoms with E-state index in [-0.39, 0.29) is 44.9 Å². The molecule has 0 radical (unpaired) electrons. The van der Waals surface area contributed by atoms with Gasteiger partial charge in [0, 0.05) is 41.4 Å². The SMILES string of the molecule is CC(C)(C)OC(=O)CCC(CO)NC(=O)c1cccc(CNC(=O)C23CC4OC(=O)C2N(Cc2ccccc2I)OC3C2OC3(Cc5ccccc5C3)OC42)c1. The molecule has 7 unspecified atom stereocenters. The van der Waals surface area contributed by atoms with Crippen LogP contribution in [0.1, 0.15) is 72.6 Å². The van der Waals surface area contributed by atoms with Gasteiger partial charge in [-0.25, -0.2) is 0 Å². The lowest BCUT2D eigenvalue weighted by molar-refractivity contribution is -0.217. The first-order valence-corrected chi connectivity index (χ1v) is 20.2. The molecule has 1 spiro atoms. The van der Waals surface area contributed by atoms with E-state index in [2.05, 4.69) is 45.4 Å². The van der Waals surface area contributed by atoms with Gasteiger partial charge in [-0.3, -0.25) is 24.0 Å². The van der Waals surface area contributed by atoms with E-state index in [1.807, 2.05) is 36.4 Å². The quantitative estimate of drug-likeness (QED) is 0.189. The van der Waals surface area contributed by atoms with E-state index in [0.717, 1.165) is 20.3 Å². The Morgan fingerprint density at radius 3 is 2.43 bits per heavy atom. The molecule has 1 saturated carbocycles. The standard InChI is InChI=1S/C42H46IN3O10/c1-40(2,3)53-32(48)16-15-29(23-47)45-37(49)25-13-8-9-24(17-25)21-44-39(51)42-20-31-33-34(55-41(54-33)18-26-10-4-5-11-27(26)19-41)36(42)56-46(35(42)38(50)52-31)22-28-12-6-7-14-30(28)43/h4-14,17,29,31,33-36,47H,15-16,18-23H2,1-3H3,(H,44,51)(H,45,49). The molecular formula is C42H46IN3O10. The molecule has 3 heterocycles. The summed E-state index contributed by atoms with van der Waals surface area (Å²) in [6.07, 6.45) is -1.40. The molecule has 56 heavy (non-hydrogen) atoms. The summed E-state index contributed by atoms with van der Waals surface area (Å²) in [6, 6.07) is 21.0. The fourth-order valence-corrected chi connectivity index (χ4v) is 9.44. The molecule has 14 heteroatoms. The van der Waals surface area contributed by atoms with Gasteiger partial charge in [0.25, 0.3) is 5.91 Å². The summed E-state index contributed by atoms with van der Waals surface area (Å²) >= 11 is 2.25. The molecule has 5 aliphatic rings. The maximum absolute atomic E-state index is 14.8. The summed E-state index contributed by atoms with van der Waals surface area (Å²) in [4.78, 5) is 61.1. The van der Waals surface area contributed by atoms with Gasteiger partial charge in [0.05, 0.1) is 19.2 Å². The molecule has 3 aliphatic heterocycles. The summed E-state index contributed by atoms with van der Waals surface area (Å²) in [5, 5.41) is 17.4. The zero-order chi connectivity index (χ0) is 39.4. The molecule has 2 aliphatic carbocycles. The van der Waals surface area contributed by atoms with E-state index < -0.39 is 71.1 Å². The van der Waals surface area contributed by atoms with Gasteiger partial charge in [0.15, 0.2) is 11.8 Å². The zero-order valence-corrected chi connectivity index (χ0v) is 33.7. The molecule has 3 aromatic rings. The largest absolute Gasteiger partial charge is 0.460 e. The lowest BCUT2D eigenvalue weighted by Crippen LogP contribution is -2.69. The van der Waals surface area contributed by atoms with E-state index in [1.54, 1.807) is 50.1 Å². The first kappa shape index (κ1) is 38.9. The molecule has 4 fully saturated rings. The van der Waals surface area contributed by atoms with Gasteiger partial charge in [-0.2, -0.15) is 5.06 Å². The molecule has 0 aromatic heterocycles. The monoisotopic (exact) mass is 879 g/mol. The predicted molar refractivity (Wildman–Crippen MR) is 208 cm³/mol. The normalized spacial score (nSPS) is 27.6. The first-order valence-electron chi connectivity index (χ1n) is 19.1. The minimum Gasteiger partial charge on any atom is -0.460 e. The summed E-state index contributed by atoms with van der Waals surface area (Å²) in [6.45, 7) is 5.28. The van der Waals surface area contributed by atoms with Gasteiger partial charge in [0.2, 0.25) is 5.91 Å². The summed E-state index contributed by atoms with van der Waals surface area (Å²) in [5.41, 5.74) is 2.16. The summed E-state index contributed by atoms with van der Waals surface area (Å²) in [7, 11) is 0. The second-order valence-electron chi connectivity index (χ2n) is 16.4. The van der Waals surface area contributed by atoms with E-state index in [1.165, 1.54) is 0 Å². The minimum absolute atomic E-state index is 0.0338. The Kier molecular flexibility index (Phi) is 10.5. The third kappa shape index (κ3) is 7.35. The van der Waals surface area contributed by atoms with Crippen LogP contribution < -0.4 is 10.6 Å². The average molecular weight is 880 g/mol. The second-order valence-corrected chi connectivity index (χ2v) is 17.5. The van der Waals surface area contributed by atoms with Gasteiger partial charge in [-0.1, -0.05) is 54.6 Å². The van der Waals surface area contributed by atoms with Crippen LogP contribution in [0.4, 0.5) is 0 Å². The third-order valence-corrected chi connectivity index (χ3v) is 12.4. The van der Waals surface area contributed by atoms with Crippen LogP contribution in [0.3, 0.4) is 0 Å². The highest BCUT2D eigenvalue weighted by Crippen LogP contribution is 2.58. The van der Waals surface area contributed by atoms with Crippen molar-refractivity contribution < 1.29 is 48.1 Å². The van der Waals surface area contributed by atoms with Crippen LogP contribution in [0.5, 0.6) is 0 Å². The van der Waals surface area contributed by atoms with Crippen molar-refractivity contribution in [3.8, 4) is 0 Å². The Bertz CT molecular complexity index is 2010. The number of esters is 2. The second kappa shape index (κ2) is 15.1. The topological polar surface area (TPSA) is 162 Å². The number of fused-ring (bicyclic) bond motifs is 5. The highest BCUT2D eigenvalue weighted by molar-refractivity contribution is 14.1. The maximum Gasteiger partial charge on any atom is 0.327 e. The van der Waals surface area contributed by atoms with Crippen molar-refractivity contribution >= 4 is 46.3 Å². The Morgan fingerprint density at radius 1 is 1.00 bits per heavy atom. The van der Waals surface area contributed by atoms with Gasteiger partial charge < -0.3 is 34.7 Å². The van der Waals surface area contributed by atoms with Crippen LogP contribution in [0, 0.1) is 8.99 Å². The predicted octanol–water partition coefficient (Wildman–Crippen LogP) is 3.90. The lowest BCUT2D eigenvalue weighted by Gasteiger charge is -2.48. The summed E-state index contributed by atoms with van der Waals surface area (Å²) < 4.78 is 26.0.